The predicted molar refractivity (Wildman–Crippen MR) is 90.9 cm³/mol. The van der Waals surface area contributed by atoms with E-state index in [1.165, 1.54) is 11.0 Å². The van der Waals surface area contributed by atoms with Crippen LogP contribution < -0.4 is 10.2 Å². The van der Waals surface area contributed by atoms with Crippen LogP contribution in [0.15, 0.2) is 18.2 Å². The summed E-state index contributed by atoms with van der Waals surface area (Å²) in [5.74, 6) is -0.691. The summed E-state index contributed by atoms with van der Waals surface area (Å²) in [6.45, 7) is 0.162. The van der Waals surface area contributed by atoms with Gasteiger partial charge in [-0.15, -0.1) is 0 Å². The molecule has 1 aliphatic heterocycles. The second-order valence-electron chi connectivity index (χ2n) is 7.51. The van der Waals surface area contributed by atoms with E-state index in [-0.39, 0.29) is 36.5 Å². The first kappa shape index (κ1) is 16.9. The molecule has 1 N–H and O–H groups in total. The number of carbonyl (C=O) groups is 2. The molecule has 0 bridgehead atoms. The fourth-order valence-electron chi connectivity index (χ4n) is 3.76. The summed E-state index contributed by atoms with van der Waals surface area (Å²) in [5, 5.41) is 14.0. The van der Waals surface area contributed by atoms with Gasteiger partial charge < -0.3 is 10.2 Å². The Morgan fingerprint density at radius 1 is 1.27 bits per heavy atom. The maximum Gasteiger partial charge on any atom is 0.306 e. The zero-order chi connectivity index (χ0) is 18.4. The molecule has 1 heterocycles. The van der Waals surface area contributed by atoms with Gasteiger partial charge in [-0.3, -0.25) is 19.7 Å². The average Bonchev–Trinajstić information content (AvgIpc) is 3.51. The zero-order valence-electron chi connectivity index (χ0n) is 14.2. The highest BCUT2D eigenvalue weighted by Crippen LogP contribution is 2.44. The Morgan fingerprint density at radius 3 is 2.50 bits per heavy atom. The first-order valence-electron chi connectivity index (χ1n) is 8.98. The van der Waals surface area contributed by atoms with Crippen LogP contribution in [0, 0.1) is 33.7 Å². The largest absolute Gasteiger partial charge is 0.353 e. The van der Waals surface area contributed by atoms with Crippen LogP contribution in [0.1, 0.15) is 32.1 Å². The molecule has 3 aliphatic rings. The maximum atomic E-state index is 13.5. The molecule has 2 amide bonds. The predicted octanol–water partition coefficient (Wildman–Crippen LogP) is 2.39. The van der Waals surface area contributed by atoms with E-state index in [0.29, 0.717) is 11.8 Å². The second kappa shape index (κ2) is 6.34. The lowest BCUT2D eigenvalue weighted by Crippen LogP contribution is -2.42. The summed E-state index contributed by atoms with van der Waals surface area (Å²) in [4.78, 5) is 36.3. The van der Waals surface area contributed by atoms with Crippen molar-refractivity contribution in [1.82, 2.24) is 5.32 Å². The summed E-state index contributed by atoms with van der Waals surface area (Å²) in [5.41, 5.74) is -0.426. The van der Waals surface area contributed by atoms with Gasteiger partial charge in [0.2, 0.25) is 17.6 Å². The fourth-order valence-corrected chi connectivity index (χ4v) is 3.76. The Labute approximate surface area is 149 Å². The molecule has 4 rings (SSSR count). The summed E-state index contributed by atoms with van der Waals surface area (Å²) in [7, 11) is 0. The number of carbonyl (C=O) groups excluding carboxylic acids is 2. The van der Waals surface area contributed by atoms with Crippen LogP contribution in [0.2, 0.25) is 0 Å². The quantitative estimate of drug-likeness (QED) is 0.622. The highest BCUT2D eigenvalue weighted by molar-refractivity contribution is 6.00. The van der Waals surface area contributed by atoms with Crippen molar-refractivity contribution in [2.24, 2.45) is 17.8 Å². The Hall–Kier alpha value is -2.51. The number of nitrogens with one attached hydrogen (secondary N) is 1. The van der Waals surface area contributed by atoms with Crippen molar-refractivity contribution < 1.29 is 18.9 Å². The third kappa shape index (κ3) is 3.27. The van der Waals surface area contributed by atoms with Crippen molar-refractivity contribution in [3.63, 3.8) is 0 Å². The number of benzene rings is 1. The minimum Gasteiger partial charge on any atom is -0.353 e. The highest BCUT2D eigenvalue weighted by atomic mass is 19.1. The summed E-state index contributed by atoms with van der Waals surface area (Å²) >= 11 is 0. The molecule has 1 aromatic carbocycles. The monoisotopic (exact) mass is 361 g/mol. The first-order chi connectivity index (χ1) is 12.4. The maximum absolute atomic E-state index is 13.5. The number of nitrogens with zero attached hydrogens (tertiary/aromatic N) is 2. The molecule has 26 heavy (non-hydrogen) atoms. The molecular weight excluding hydrogens is 341 g/mol. The molecule has 3 fully saturated rings. The minimum atomic E-state index is -0.948. The van der Waals surface area contributed by atoms with Gasteiger partial charge in [0.1, 0.15) is 0 Å². The molecule has 1 atom stereocenters. The van der Waals surface area contributed by atoms with Gasteiger partial charge in [0.15, 0.2) is 0 Å². The van der Waals surface area contributed by atoms with Crippen molar-refractivity contribution in [2.75, 3.05) is 11.4 Å². The number of nitro groups is 1. The van der Waals surface area contributed by atoms with Crippen molar-refractivity contribution in [1.29, 1.82) is 0 Å². The molecule has 1 saturated heterocycles. The lowest BCUT2D eigenvalue weighted by Gasteiger charge is -2.20. The molecule has 0 aromatic heterocycles. The minimum absolute atomic E-state index is 0.0685. The molecule has 8 heteroatoms. The van der Waals surface area contributed by atoms with Crippen LogP contribution in [0.5, 0.6) is 0 Å². The molecule has 2 saturated carbocycles. The molecule has 138 valence electrons. The van der Waals surface area contributed by atoms with Crippen LogP contribution >= 0.6 is 0 Å². The van der Waals surface area contributed by atoms with E-state index in [2.05, 4.69) is 5.32 Å². The van der Waals surface area contributed by atoms with Crippen molar-refractivity contribution in [3.05, 3.63) is 34.1 Å². The van der Waals surface area contributed by atoms with E-state index in [9.17, 15) is 24.1 Å². The standard InChI is InChI=1S/C18H20FN3O4/c19-14-6-5-13(8-15(14)22(25)26)21-9-12(7-16(21)23)18(24)20-17(10-1-2-10)11-3-4-11/h5-6,8,10-12,17H,1-4,7,9H2,(H,20,24)/t12-/m0/s1. The van der Waals surface area contributed by atoms with Crippen LogP contribution in [0.3, 0.4) is 0 Å². The van der Waals surface area contributed by atoms with Gasteiger partial charge in [0.05, 0.1) is 16.5 Å². The fraction of sp³-hybridized carbons (Fsp3) is 0.556. The first-order valence-corrected chi connectivity index (χ1v) is 8.98. The van der Waals surface area contributed by atoms with Crippen LogP contribution in [0.4, 0.5) is 15.8 Å². The smallest absolute Gasteiger partial charge is 0.306 e. The Kier molecular flexibility index (Phi) is 4.13. The molecule has 0 radical (unpaired) electrons. The third-order valence-electron chi connectivity index (χ3n) is 5.50. The average molecular weight is 361 g/mol. The van der Waals surface area contributed by atoms with E-state index in [1.807, 2.05) is 0 Å². The molecule has 0 spiro atoms. The molecule has 1 aromatic rings. The van der Waals surface area contributed by atoms with Gasteiger partial charge in [-0.1, -0.05) is 0 Å². The number of anilines is 1. The lowest BCUT2D eigenvalue weighted by atomic mass is 10.0. The van der Waals surface area contributed by atoms with Gasteiger partial charge in [-0.2, -0.15) is 4.39 Å². The van der Waals surface area contributed by atoms with Gasteiger partial charge in [-0.05, 0) is 49.7 Å². The number of hydrogen-bond donors (Lipinski definition) is 1. The molecular formula is C18H20FN3O4. The molecule has 0 unspecified atom stereocenters. The van der Waals surface area contributed by atoms with Gasteiger partial charge in [-0.25, -0.2) is 0 Å². The van der Waals surface area contributed by atoms with E-state index in [4.69, 9.17) is 0 Å². The number of nitro benzene ring substituents is 1. The number of rotatable bonds is 6. The van der Waals surface area contributed by atoms with E-state index >= 15 is 0 Å². The summed E-state index contributed by atoms with van der Waals surface area (Å²) < 4.78 is 13.5. The van der Waals surface area contributed by atoms with Crippen LogP contribution in [-0.2, 0) is 9.59 Å². The third-order valence-corrected chi connectivity index (χ3v) is 5.50. The normalized spacial score (nSPS) is 22.8. The van der Waals surface area contributed by atoms with Crippen molar-refractivity contribution >= 4 is 23.2 Å². The second-order valence-corrected chi connectivity index (χ2v) is 7.51. The van der Waals surface area contributed by atoms with E-state index < -0.39 is 22.3 Å². The molecule has 2 aliphatic carbocycles. The van der Waals surface area contributed by atoms with E-state index in [0.717, 1.165) is 37.8 Å². The Balaban J connectivity index is 1.45. The number of amides is 2. The van der Waals surface area contributed by atoms with Crippen molar-refractivity contribution in [3.8, 4) is 0 Å². The van der Waals surface area contributed by atoms with Crippen LogP contribution in [-0.4, -0.2) is 29.3 Å². The molecule has 7 nitrogen and oxygen atoms in total. The van der Waals surface area contributed by atoms with Crippen molar-refractivity contribution in [2.45, 2.75) is 38.1 Å². The Morgan fingerprint density at radius 2 is 1.92 bits per heavy atom. The van der Waals surface area contributed by atoms with Crippen LogP contribution in [0.25, 0.3) is 0 Å². The van der Waals surface area contributed by atoms with E-state index in [1.54, 1.807) is 0 Å². The summed E-state index contributed by atoms with van der Waals surface area (Å²) in [6.07, 6.45) is 4.67. The van der Waals surface area contributed by atoms with Gasteiger partial charge >= 0.3 is 5.69 Å². The number of hydrogen-bond acceptors (Lipinski definition) is 4. The lowest BCUT2D eigenvalue weighted by molar-refractivity contribution is -0.387. The SMILES string of the molecule is O=C(NC(C1CC1)C1CC1)[C@H]1CC(=O)N(c2ccc(F)c([N+](=O)[O-])c2)C1. The highest BCUT2D eigenvalue weighted by Gasteiger charge is 2.44. The number of halogens is 1. The zero-order valence-corrected chi connectivity index (χ0v) is 14.2. The Bertz CT molecular complexity index is 764. The van der Waals surface area contributed by atoms with Gasteiger partial charge in [0.25, 0.3) is 0 Å². The topological polar surface area (TPSA) is 92.6 Å². The van der Waals surface area contributed by atoms with Gasteiger partial charge in [0, 0.05) is 25.1 Å². The summed E-state index contributed by atoms with van der Waals surface area (Å²) in [6, 6.07) is 3.57.